The third kappa shape index (κ3) is 1.73. The van der Waals surface area contributed by atoms with Gasteiger partial charge in [0, 0.05) is 5.56 Å². The summed E-state index contributed by atoms with van der Waals surface area (Å²) >= 11 is 0. The van der Waals surface area contributed by atoms with E-state index in [0.29, 0.717) is 12.0 Å². The van der Waals surface area contributed by atoms with Crippen molar-refractivity contribution >= 4 is 12.4 Å². The Kier molecular flexibility index (Phi) is 2.03. The molecule has 0 bridgehead atoms. The zero-order valence-corrected chi connectivity index (χ0v) is 8.65. The Bertz CT molecular complexity index is 444. The molecule has 0 radical (unpaired) electrons. The van der Waals surface area contributed by atoms with Gasteiger partial charge in [0.2, 0.25) is 0 Å². The number of benzene rings is 1. The monoisotopic (exact) mass is 204 g/mol. The summed E-state index contributed by atoms with van der Waals surface area (Å²) in [5.74, 6) is 0.610. The summed E-state index contributed by atoms with van der Waals surface area (Å²) in [7, 11) is 0. The molecule has 0 aromatic heterocycles. The van der Waals surface area contributed by atoms with E-state index < -0.39 is 0 Å². The van der Waals surface area contributed by atoms with Crippen LogP contribution in [0.1, 0.15) is 29.8 Å². The van der Waals surface area contributed by atoms with Gasteiger partial charge in [-0.15, -0.1) is 0 Å². The number of hydrogen-bond donors (Lipinski definition) is 1. The fourth-order valence-electron chi connectivity index (χ4n) is 1.52. The van der Waals surface area contributed by atoms with Crippen molar-refractivity contribution in [3.8, 4) is 11.5 Å². The number of carbonyl (C=O) groups excluding carboxylic acids is 1. The van der Waals surface area contributed by atoms with E-state index in [4.69, 9.17) is 4.74 Å². The molecule has 1 heterocycles. The zero-order valence-electron chi connectivity index (χ0n) is 8.65. The van der Waals surface area contributed by atoms with Crippen LogP contribution in [-0.4, -0.2) is 17.0 Å². The van der Waals surface area contributed by atoms with Crippen LogP contribution in [-0.2, 0) is 0 Å². The molecule has 0 unspecified atom stereocenters. The number of phenols is 1. The van der Waals surface area contributed by atoms with E-state index in [-0.39, 0.29) is 16.9 Å². The molecule has 1 aromatic rings. The second-order valence-corrected chi connectivity index (χ2v) is 4.11. The number of aromatic hydroxyl groups is 1. The minimum absolute atomic E-state index is 0.0169. The zero-order chi connectivity index (χ0) is 11.1. The van der Waals surface area contributed by atoms with Gasteiger partial charge in [-0.05, 0) is 32.1 Å². The lowest BCUT2D eigenvalue weighted by Gasteiger charge is -2.28. The van der Waals surface area contributed by atoms with Crippen LogP contribution in [0.15, 0.2) is 18.2 Å². The Balaban J connectivity index is 2.54. The number of ether oxygens (including phenoxy) is 1. The molecule has 0 spiro atoms. The van der Waals surface area contributed by atoms with Crippen LogP contribution in [0.5, 0.6) is 11.5 Å². The molecule has 1 aliphatic heterocycles. The summed E-state index contributed by atoms with van der Waals surface area (Å²) < 4.78 is 5.66. The van der Waals surface area contributed by atoms with Gasteiger partial charge in [0.1, 0.15) is 17.1 Å². The van der Waals surface area contributed by atoms with Crippen molar-refractivity contribution in [3.63, 3.8) is 0 Å². The molecule has 0 amide bonds. The van der Waals surface area contributed by atoms with Gasteiger partial charge >= 0.3 is 0 Å². The summed E-state index contributed by atoms with van der Waals surface area (Å²) in [4.78, 5) is 10.6. The number of phenolic OH excluding ortho intramolecular Hbond substituents is 1. The summed E-state index contributed by atoms with van der Waals surface area (Å²) in [6.07, 6.45) is 4.41. The lowest BCUT2D eigenvalue weighted by Crippen LogP contribution is -2.27. The average Bonchev–Trinajstić information content (AvgIpc) is 2.17. The fourth-order valence-corrected chi connectivity index (χ4v) is 1.52. The molecule has 0 saturated heterocycles. The van der Waals surface area contributed by atoms with E-state index in [0.717, 1.165) is 5.56 Å². The Labute approximate surface area is 88.0 Å². The lowest BCUT2D eigenvalue weighted by atomic mass is 10.0. The third-order valence-electron chi connectivity index (χ3n) is 2.32. The molecule has 15 heavy (non-hydrogen) atoms. The number of fused-ring (bicyclic) bond motifs is 1. The Morgan fingerprint density at radius 3 is 2.80 bits per heavy atom. The van der Waals surface area contributed by atoms with Crippen LogP contribution in [0.3, 0.4) is 0 Å². The second-order valence-electron chi connectivity index (χ2n) is 4.11. The molecular formula is C12H12O3. The van der Waals surface area contributed by atoms with Gasteiger partial charge in [0.15, 0.2) is 6.29 Å². The Hall–Kier alpha value is -1.77. The van der Waals surface area contributed by atoms with Crippen molar-refractivity contribution in [2.75, 3.05) is 0 Å². The summed E-state index contributed by atoms with van der Waals surface area (Å²) in [5.41, 5.74) is 0.668. The Morgan fingerprint density at radius 1 is 1.40 bits per heavy atom. The predicted octanol–water partition coefficient (Wildman–Crippen LogP) is 2.39. The smallest absolute Gasteiger partial charge is 0.153 e. The molecule has 0 saturated carbocycles. The summed E-state index contributed by atoms with van der Waals surface area (Å²) in [6, 6.07) is 3.09. The molecule has 78 valence electrons. The van der Waals surface area contributed by atoms with E-state index in [1.165, 1.54) is 6.07 Å². The van der Waals surface area contributed by atoms with E-state index >= 15 is 0 Å². The molecule has 1 aromatic carbocycles. The van der Waals surface area contributed by atoms with Gasteiger partial charge in [0.25, 0.3) is 0 Å². The molecule has 0 fully saturated rings. The van der Waals surface area contributed by atoms with Gasteiger partial charge in [0.05, 0.1) is 5.56 Å². The number of aldehydes is 1. The fraction of sp³-hybridized carbons (Fsp3) is 0.250. The van der Waals surface area contributed by atoms with Crippen molar-refractivity contribution < 1.29 is 14.6 Å². The highest BCUT2D eigenvalue weighted by atomic mass is 16.5. The minimum atomic E-state index is -0.371. The van der Waals surface area contributed by atoms with Crippen molar-refractivity contribution in [1.82, 2.24) is 0 Å². The topological polar surface area (TPSA) is 46.5 Å². The van der Waals surface area contributed by atoms with Gasteiger partial charge in [-0.1, -0.05) is 6.08 Å². The van der Waals surface area contributed by atoms with Gasteiger partial charge in [-0.25, -0.2) is 0 Å². The van der Waals surface area contributed by atoms with Crippen LogP contribution in [0.2, 0.25) is 0 Å². The highest BCUT2D eigenvalue weighted by Crippen LogP contribution is 2.34. The van der Waals surface area contributed by atoms with Crippen molar-refractivity contribution in [2.24, 2.45) is 0 Å². The number of carbonyl (C=O) groups is 1. The van der Waals surface area contributed by atoms with E-state index in [1.54, 1.807) is 6.07 Å². The predicted molar refractivity (Wildman–Crippen MR) is 57.2 cm³/mol. The maximum atomic E-state index is 10.6. The van der Waals surface area contributed by atoms with Crippen LogP contribution < -0.4 is 4.74 Å². The highest BCUT2D eigenvalue weighted by Gasteiger charge is 2.22. The molecule has 0 atom stereocenters. The van der Waals surface area contributed by atoms with E-state index in [9.17, 15) is 9.90 Å². The minimum Gasteiger partial charge on any atom is -0.507 e. The maximum absolute atomic E-state index is 10.6. The third-order valence-corrected chi connectivity index (χ3v) is 2.32. The SMILES string of the molecule is CC1(C)C=Cc2cc(O)c(C=O)cc2O1. The first-order valence-electron chi connectivity index (χ1n) is 4.72. The molecule has 3 nitrogen and oxygen atoms in total. The van der Waals surface area contributed by atoms with Crippen LogP contribution in [0, 0.1) is 0 Å². The standard InChI is InChI=1S/C12H12O3/c1-12(2)4-3-8-5-10(14)9(7-13)6-11(8)15-12/h3-7,14H,1-2H3. The van der Waals surface area contributed by atoms with E-state index in [2.05, 4.69) is 0 Å². The summed E-state index contributed by atoms with van der Waals surface area (Å²) in [5, 5.41) is 9.48. The molecular weight excluding hydrogens is 192 g/mol. The first-order chi connectivity index (χ1) is 7.02. The van der Waals surface area contributed by atoms with Gasteiger partial charge in [-0.2, -0.15) is 0 Å². The van der Waals surface area contributed by atoms with Crippen LogP contribution in [0.25, 0.3) is 6.08 Å². The van der Waals surface area contributed by atoms with Crippen molar-refractivity contribution in [3.05, 3.63) is 29.3 Å². The number of hydrogen-bond acceptors (Lipinski definition) is 3. The first kappa shape index (κ1) is 9.77. The molecule has 2 rings (SSSR count). The average molecular weight is 204 g/mol. The van der Waals surface area contributed by atoms with Gasteiger partial charge in [-0.3, -0.25) is 4.79 Å². The number of rotatable bonds is 1. The normalized spacial score (nSPS) is 16.7. The highest BCUT2D eigenvalue weighted by molar-refractivity contribution is 5.82. The Morgan fingerprint density at radius 2 is 2.13 bits per heavy atom. The second kappa shape index (κ2) is 3.12. The van der Waals surface area contributed by atoms with Crippen LogP contribution in [0.4, 0.5) is 0 Å². The van der Waals surface area contributed by atoms with Crippen LogP contribution >= 0.6 is 0 Å². The molecule has 1 N–H and O–H groups in total. The largest absolute Gasteiger partial charge is 0.507 e. The van der Waals surface area contributed by atoms with Crippen molar-refractivity contribution in [1.29, 1.82) is 0 Å². The first-order valence-corrected chi connectivity index (χ1v) is 4.72. The molecule has 0 aliphatic carbocycles. The summed E-state index contributed by atoms with van der Waals surface area (Å²) in [6.45, 7) is 3.86. The quantitative estimate of drug-likeness (QED) is 0.714. The van der Waals surface area contributed by atoms with E-state index in [1.807, 2.05) is 26.0 Å². The lowest BCUT2D eigenvalue weighted by molar-refractivity contribution is 0.111. The molecule has 1 aliphatic rings. The molecule has 3 heteroatoms. The van der Waals surface area contributed by atoms with Crippen molar-refractivity contribution in [2.45, 2.75) is 19.4 Å². The maximum Gasteiger partial charge on any atom is 0.153 e. The van der Waals surface area contributed by atoms with Gasteiger partial charge < -0.3 is 9.84 Å².